The Morgan fingerprint density at radius 3 is 1.40 bits per heavy atom. The van der Waals surface area contributed by atoms with Crippen LogP contribution in [0.3, 0.4) is 0 Å². The number of alkyl halides is 3. The number of halogens is 3. The molecule has 0 aliphatic carbocycles. The summed E-state index contributed by atoms with van der Waals surface area (Å²) in [6.07, 6.45) is 0. The van der Waals surface area contributed by atoms with Crippen molar-refractivity contribution in [1.82, 2.24) is 0 Å². The van der Waals surface area contributed by atoms with Gasteiger partial charge in [-0.3, -0.25) is 0 Å². The van der Waals surface area contributed by atoms with Gasteiger partial charge in [-0.25, -0.2) is 4.79 Å². The molecule has 0 atom stereocenters. The predicted octanol–water partition coefficient (Wildman–Crippen LogP) is 2.28. The molecule has 0 aliphatic heterocycles. The van der Waals surface area contributed by atoms with Crippen molar-refractivity contribution in [2.24, 2.45) is 0 Å². The van der Waals surface area contributed by atoms with Gasteiger partial charge in [0.2, 0.25) is 0 Å². The first-order chi connectivity index (χ1) is 13.5. The van der Waals surface area contributed by atoms with E-state index in [2.05, 4.69) is 11.8 Å². The summed E-state index contributed by atoms with van der Waals surface area (Å²) < 4.78 is -0.750. The Balaban J connectivity index is -0.000000467. The molecule has 0 radical (unpaired) electrons. The van der Waals surface area contributed by atoms with Crippen molar-refractivity contribution in [1.29, 1.82) is 0 Å². The quantitative estimate of drug-likeness (QED) is 0.347. The van der Waals surface area contributed by atoms with E-state index in [4.69, 9.17) is 59.7 Å². The van der Waals surface area contributed by atoms with Crippen molar-refractivity contribution >= 4 is 52.7 Å². The molecule has 10 heteroatoms. The molecule has 0 saturated carbocycles. The normalized spacial score (nSPS) is 8.07. The second-order valence-electron chi connectivity index (χ2n) is 4.73. The van der Waals surface area contributed by atoms with Crippen LogP contribution in [-0.4, -0.2) is 27.3 Å². The zero-order valence-corrected chi connectivity index (χ0v) is 21.3. The van der Waals surface area contributed by atoms with Crippen LogP contribution in [0.2, 0.25) is 0 Å². The molecule has 0 aromatic heterocycles. The third-order valence-corrected chi connectivity index (χ3v) is 2.26. The summed E-state index contributed by atoms with van der Waals surface area (Å²) in [5, 5.41) is 26.5. The van der Waals surface area contributed by atoms with Gasteiger partial charge in [0.15, 0.2) is 4.30 Å². The van der Waals surface area contributed by atoms with Gasteiger partial charge in [-0.05, 0) is 50.2 Å². The molecule has 1 N–H and O–H groups in total. The number of carboxylic acid groups (broad SMARTS) is 3. The van der Waals surface area contributed by atoms with Crippen molar-refractivity contribution < 1.29 is 49.2 Å². The van der Waals surface area contributed by atoms with Crippen molar-refractivity contribution in [2.75, 3.05) is 0 Å². The Hall–Kier alpha value is -2.10. The maximum atomic E-state index is 10.7. The van der Waals surface area contributed by atoms with Gasteiger partial charge in [0.25, 0.3) is 0 Å². The van der Waals surface area contributed by atoms with Gasteiger partial charge in [-0.15, -0.1) is 0 Å². The van der Waals surface area contributed by atoms with Crippen LogP contribution >= 0.6 is 34.8 Å². The van der Waals surface area contributed by atoms with Gasteiger partial charge in [0.05, 0.1) is 5.56 Å². The Bertz CT molecular complexity index is 793. The molecule has 0 heterocycles. The third-order valence-electron chi connectivity index (χ3n) is 2.26. The molecule has 0 aliphatic rings. The van der Waals surface area contributed by atoms with Crippen LogP contribution in [0.5, 0.6) is 0 Å². The van der Waals surface area contributed by atoms with Crippen LogP contribution in [0, 0.1) is 11.8 Å². The molecule has 0 spiro atoms. The van der Waals surface area contributed by atoms with Crippen LogP contribution in [0.1, 0.15) is 35.3 Å². The molecule has 0 unspecified atom stereocenters. The summed E-state index contributed by atoms with van der Waals surface area (Å²) >= 11 is 14.4. The molecule has 156 valence electrons. The van der Waals surface area contributed by atoms with Crippen molar-refractivity contribution in [3.8, 4) is 11.8 Å². The third kappa shape index (κ3) is 25.9. The predicted molar refractivity (Wildman–Crippen MR) is 109 cm³/mol. The van der Waals surface area contributed by atoms with E-state index in [9.17, 15) is 4.79 Å². The summed E-state index contributed by atoms with van der Waals surface area (Å²) in [4.78, 5) is 28.4. The molecule has 0 saturated heterocycles. The fourth-order valence-electron chi connectivity index (χ4n) is 1.36. The molecular formula is C20H17Cl3O6Zn. The Morgan fingerprint density at radius 1 is 0.800 bits per heavy atom. The molecule has 0 amide bonds. The van der Waals surface area contributed by atoms with Gasteiger partial charge in [0.1, 0.15) is 0 Å². The number of carbonyl (C=O) groups excluding carboxylic acids is 2. The first kappa shape index (κ1) is 32.6. The molecule has 6 nitrogen and oxygen atoms in total. The number of hydrogen-bond donors (Lipinski definition) is 1. The second-order valence-corrected chi connectivity index (χ2v) is 6.71. The summed E-state index contributed by atoms with van der Waals surface area (Å²) in [5.74, 6) is 2.91. The molecule has 30 heavy (non-hydrogen) atoms. The van der Waals surface area contributed by atoms with E-state index in [0.717, 1.165) is 25.0 Å². The standard InChI is InChI=1S/C15H10O2.2C2H4O2.CHCl3.Zn/c16-15(17)14-10-8-13(9-11-14)7-6-12-4-2-1-3-5-12;2*1-2(3)4;2-1(3)4;/h1-5,8-11H,(H,16,17);2*1H3,(H,3,4);1H;/q;;;;+2/p-2. The van der Waals surface area contributed by atoms with Crippen LogP contribution in [0.15, 0.2) is 54.6 Å². The number of rotatable bonds is 1. The Labute approximate surface area is 202 Å². The van der Waals surface area contributed by atoms with E-state index >= 15 is 0 Å². The van der Waals surface area contributed by atoms with E-state index in [1.54, 1.807) is 24.3 Å². The van der Waals surface area contributed by atoms with E-state index < -0.39 is 22.2 Å². The van der Waals surface area contributed by atoms with E-state index in [1.165, 1.54) is 0 Å². The van der Waals surface area contributed by atoms with Gasteiger partial charge in [-0.1, -0.05) is 64.8 Å². The molecule has 0 fully saturated rings. The van der Waals surface area contributed by atoms with Crippen LogP contribution in [0.4, 0.5) is 0 Å². The Kier molecular flexibility index (Phi) is 21.9. The fraction of sp³-hybridized carbons (Fsp3) is 0.150. The first-order valence-electron chi connectivity index (χ1n) is 7.63. The topological polar surface area (TPSA) is 118 Å². The monoisotopic (exact) mass is 522 g/mol. The number of hydrogen-bond acceptors (Lipinski definition) is 5. The fourth-order valence-corrected chi connectivity index (χ4v) is 1.36. The smallest absolute Gasteiger partial charge is 0.550 e. The minimum absolute atomic E-state index is 0. The van der Waals surface area contributed by atoms with E-state index in [0.29, 0.717) is 0 Å². The first-order valence-corrected chi connectivity index (χ1v) is 8.94. The van der Waals surface area contributed by atoms with Gasteiger partial charge >= 0.3 is 25.4 Å². The van der Waals surface area contributed by atoms with E-state index in [1.807, 2.05) is 30.3 Å². The number of aromatic carboxylic acids is 1. The molecule has 2 aromatic carbocycles. The van der Waals surface area contributed by atoms with Crippen LogP contribution in [-0.2, 0) is 29.1 Å². The van der Waals surface area contributed by atoms with Crippen LogP contribution < -0.4 is 10.2 Å². The Morgan fingerprint density at radius 2 is 1.10 bits per heavy atom. The van der Waals surface area contributed by atoms with E-state index in [-0.39, 0.29) is 25.0 Å². The SMILES string of the molecule is CC(=O)[O-].CC(=O)[O-].ClC(Cl)Cl.O=C(O)c1ccc(C#Cc2ccccc2)cc1.[Zn+2]. The summed E-state index contributed by atoms with van der Waals surface area (Å²) in [6, 6.07) is 16.2. The van der Waals surface area contributed by atoms with Crippen molar-refractivity contribution in [3.05, 3.63) is 71.3 Å². The average molecular weight is 525 g/mol. The zero-order valence-electron chi connectivity index (χ0n) is 16.1. The molecule has 2 aromatic rings. The van der Waals surface area contributed by atoms with Gasteiger partial charge in [0, 0.05) is 23.1 Å². The van der Waals surface area contributed by atoms with Crippen molar-refractivity contribution in [3.63, 3.8) is 0 Å². The maximum Gasteiger partial charge on any atom is 2.00 e. The van der Waals surface area contributed by atoms with Gasteiger partial charge < -0.3 is 24.9 Å². The minimum atomic E-state index is -1.08. The molecular weight excluding hydrogens is 508 g/mol. The largest absolute Gasteiger partial charge is 2.00 e. The average Bonchev–Trinajstić information content (AvgIpc) is 2.60. The number of benzene rings is 2. The second kappa shape index (κ2) is 20.2. The number of carbonyl (C=O) groups is 3. The summed E-state index contributed by atoms with van der Waals surface area (Å²) in [7, 11) is 0. The summed E-state index contributed by atoms with van der Waals surface area (Å²) in [6.45, 7) is 1.94. The van der Waals surface area contributed by atoms with Crippen molar-refractivity contribution in [2.45, 2.75) is 18.1 Å². The minimum Gasteiger partial charge on any atom is -0.550 e. The molecule has 2 rings (SSSR count). The van der Waals surface area contributed by atoms with Gasteiger partial charge in [-0.2, -0.15) is 0 Å². The summed E-state index contributed by atoms with van der Waals surface area (Å²) in [5.41, 5.74) is 2.02. The maximum absolute atomic E-state index is 10.7. The number of carboxylic acids is 3. The molecule has 0 bridgehead atoms. The zero-order chi connectivity index (χ0) is 22.8. The van der Waals surface area contributed by atoms with Crippen LogP contribution in [0.25, 0.3) is 0 Å². The number of aliphatic carboxylic acids is 2.